The second-order valence-corrected chi connectivity index (χ2v) is 4.52. The van der Waals surface area contributed by atoms with Gasteiger partial charge in [-0.15, -0.1) is 0 Å². The first-order chi connectivity index (χ1) is 8.68. The van der Waals surface area contributed by atoms with Crippen molar-refractivity contribution in [3.63, 3.8) is 0 Å². The molecule has 0 saturated carbocycles. The molecular weight excluding hydrogens is 222 g/mol. The molecule has 1 atom stereocenters. The molecule has 0 radical (unpaired) electrons. The molecule has 0 bridgehead atoms. The number of rotatable bonds is 4. The van der Waals surface area contributed by atoms with E-state index >= 15 is 0 Å². The summed E-state index contributed by atoms with van der Waals surface area (Å²) in [7, 11) is 2.07. The van der Waals surface area contributed by atoms with E-state index in [1.165, 1.54) is 0 Å². The van der Waals surface area contributed by atoms with Crippen LogP contribution in [0.15, 0.2) is 48.7 Å². The molecule has 1 aromatic carbocycles. The van der Waals surface area contributed by atoms with Crippen LogP contribution in [0, 0.1) is 0 Å². The summed E-state index contributed by atoms with van der Waals surface area (Å²) in [6.07, 6.45) is 1.82. The van der Waals surface area contributed by atoms with E-state index < -0.39 is 0 Å². The molecule has 0 amide bonds. The Morgan fingerprint density at radius 2 is 1.89 bits per heavy atom. The number of aromatic nitrogens is 1. The molecule has 2 aromatic rings. The molecule has 2 N–H and O–H groups in total. The zero-order valence-corrected chi connectivity index (χ0v) is 10.9. The van der Waals surface area contributed by atoms with Gasteiger partial charge in [-0.3, -0.25) is 4.98 Å². The van der Waals surface area contributed by atoms with Gasteiger partial charge in [-0.05, 0) is 30.7 Å². The monoisotopic (exact) mass is 241 g/mol. The van der Waals surface area contributed by atoms with Gasteiger partial charge in [0.2, 0.25) is 0 Å². The van der Waals surface area contributed by atoms with Gasteiger partial charge < -0.3 is 10.6 Å². The van der Waals surface area contributed by atoms with Gasteiger partial charge in [-0.2, -0.15) is 0 Å². The molecule has 0 unspecified atom stereocenters. The average molecular weight is 241 g/mol. The molecule has 3 heteroatoms. The summed E-state index contributed by atoms with van der Waals surface area (Å²) in [6, 6.07) is 14.2. The lowest BCUT2D eigenvalue weighted by Crippen LogP contribution is -2.20. The van der Waals surface area contributed by atoms with E-state index in [0.29, 0.717) is 0 Å². The highest BCUT2D eigenvalue weighted by molar-refractivity contribution is 5.54. The van der Waals surface area contributed by atoms with Gasteiger partial charge in [0.25, 0.3) is 0 Å². The van der Waals surface area contributed by atoms with E-state index in [1.54, 1.807) is 0 Å². The minimum absolute atomic E-state index is 0.0346. The number of pyridine rings is 1. The summed E-state index contributed by atoms with van der Waals surface area (Å²) in [6.45, 7) is 2.79. The third-order valence-corrected chi connectivity index (χ3v) is 2.96. The van der Waals surface area contributed by atoms with Gasteiger partial charge in [0, 0.05) is 25.0 Å². The number of hydrogen-bond donors (Lipinski definition) is 1. The first-order valence-electron chi connectivity index (χ1n) is 6.14. The minimum atomic E-state index is 0.0346. The van der Waals surface area contributed by atoms with Crippen molar-refractivity contribution in [3.8, 4) is 0 Å². The third kappa shape index (κ3) is 2.87. The van der Waals surface area contributed by atoms with Gasteiger partial charge in [0.1, 0.15) is 0 Å². The summed E-state index contributed by atoms with van der Waals surface area (Å²) in [5.41, 5.74) is 9.39. The van der Waals surface area contributed by atoms with Crippen LogP contribution in [0.25, 0.3) is 0 Å². The molecule has 3 nitrogen and oxygen atoms in total. The zero-order valence-electron chi connectivity index (χ0n) is 10.9. The predicted molar refractivity (Wildman–Crippen MR) is 75.4 cm³/mol. The molecule has 1 aromatic heterocycles. The normalized spacial score (nSPS) is 12.2. The molecule has 0 aliphatic carbocycles. The summed E-state index contributed by atoms with van der Waals surface area (Å²) >= 11 is 0. The third-order valence-electron chi connectivity index (χ3n) is 2.96. The predicted octanol–water partition coefficient (Wildman–Crippen LogP) is 2.74. The van der Waals surface area contributed by atoms with E-state index in [0.717, 1.165) is 23.5 Å². The van der Waals surface area contributed by atoms with Crippen molar-refractivity contribution < 1.29 is 0 Å². The molecule has 0 aliphatic rings. The van der Waals surface area contributed by atoms with Gasteiger partial charge in [0.05, 0.1) is 12.2 Å². The second-order valence-electron chi connectivity index (χ2n) is 4.52. The Morgan fingerprint density at radius 1 is 1.17 bits per heavy atom. The van der Waals surface area contributed by atoms with Crippen LogP contribution in [-0.4, -0.2) is 12.0 Å². The van der Waals surface area contributed by atoms with Crippen molar-refractivity contribution >= 4 is 5.69 Å². The minimum Gasteiger partial charge on any atom is -0.368 e. The molecular formula is C15H19N3. The Labute approximate surface area is 108 Å². The maximum Gasteiger partial charge on any atom is 0.0598 e. The van der Waals surface area contributed by atoms with Gasteiger partial charge in [-0.25, -0.2) is 0 Å². The highest BCUT2D eigenvalue weighted by atomic mass is 15.1. The Morgan fingerprint density at radius 3 is 2.56 bits per heavy atom. The highest BCUT2D eigenvalue weighted by Crippen LogP contribution is 2.24. The van der Waals surface area contributed by atoms with E-state index in [-0.39, 0.29) is 6.04 Å². The number of hydrogen-bond acceptors (Lipinski definition) is 3. The molecule has 94 valence electrons. The topological polar surface area (TPSA) is 42.1 Å². The lowest BCUT2D eigenvalue weighted by atomic mass is 10.1. The van der Waals surface area contributed by atoms with Crippen LogP contribution in [-0.2, 0) is 6.54 Å². The second kappa shape index (κ2) is 5.65. The summed E-state index contributed by atoms with van der Waals surface area (Å²) < 4.78 is 0. The van der Waals surface area contributed by atoms with Crippen LogP contribution in [0.5, 0.6) is 0 Å². The number of nitrogens with two attached hydrogens (primary N) is 1. The first kappa shape index (κ1) is 12.6. The van der Waals surface area contributed by atoms with E-state index in [9.17, 15) is 0 Å². The fraction of sp³-hybridized carbons (Fsp3) is 0.267. The first-order valence-corrected chi connectivity index (χ1v) is 6.14. The van der Waals surface area contributed by atoms with Gasteiger partial charge in [-0.1, -0.05) is 24.3 Å². The van der Waals surface area contributed by atoms with Crippen LogP contribution in [0.3, 0.4) is 0 Å². The molecule has 0 spiro atoms. The van der Waals surface area contributed by atoms with Crippen molar-refractivity contribution in [2.75, 3.05) is 11.9 Å². The summed E-state index contributed by atoms with van der Waals surface area (Å²) in [4.78, 5) is 6.53. The quantitative estimate of drug-likeness (QED) is 0.895. The Kier molecular flexibility index (Phi) is 3.95. The van der Waals surface area contributed by atoms with E-state index in [2.05, 4.69) is 29.1 Å². The average Bonchev–Trinajstić information content (AvgIpc) is 2.40. The summed E-state index contributed by atoms with van der Waals surface area (Å²) in [5.74, 6) is 0. The van der Waals surface area contributed by atoms with Crippen LogP contribution in [0.2, 0.25) is 0 Å². The lowest BCUT2D eigenvalue weighted by Gasteiger charge is -2.23. The Balaban J connectivity index is 2.21. The largest absolute Gasteiger partial charge is 0.368 e. The van der Waals surface area contributed by atoms with Crippen molar-refractivity contribution in [1.29, 1.82) is 0 Å². The van der Waals surface area contributed by atoms with Gasteiger partial charge in [0.15, 0.2) is 0 Å². The van der Waals surface area contributed by atoms with Crippen LogP contribution in [0.4, 0.5) is 5.69 Å². The Bertz CT molecular complexity index is 494. The SMILES string of the molecule is C[C@@H](N)c1ccccc1N(C)Cc1ccccn1. The highest BCUT2D eigenvalue weighted by Gasteiger charge is 2.10. The standard InChI is InChI=1S/C15H19N3/c1-12(16)14-8-3-4-9-15(14)18(2)11-13-7-5-6-10-17-13/h3-10,12H,11,16H2,1-2H3/t12-/m1/s1. The summed E-state index contributed by atoms with van der Waals surface area (Å²) in [5, 5.41) is 0. The number of benzene rings is 1. The molecule has 2 rings (SSSR count). The molecule has 1 heterocycles. The van der Waals surface area contributed by atoms with Crippen LogP contribution in [0.1, 0.15) is 24.2 Å². The zero-order chi connectivity index (χ0) is 13.0. The molecule has 0 saturated heterocycles. The fourth-order valence-corrected chi connectivity index (χ4v) is 2.04. The Hall–Kier alpha value is -1.87. The maximum absolute atomic E-state index is 6.00. The molecule has 0 fully saturated rings. The smallest absolute Gasteiger partial charge is 0.0598 e. The van der Waals surface area contributed by atoms with Crippen LogP contribution >= 0.6 is 0 Å². The van der Waals surface area contributed by atoms with Crippen molar-refractivity contribution in [2.24, 2.45) is 5.73 Å². The van der Waals surface area contributed by atoms with Crippen molar-refractivity contribution in [2.45, 2.75) is 19.5 Å². The number of para-hydroxylation sites is 1. The van der Waals surface area contributed by atoms with E-state index in [1.807, 2.05) is 43.5 Å². The maximum atomic E-state index is 6.00. The van der Waals surface area contributed by atoms with Crippen molar-refractivity contribution in [3.05, 3.63) is 59.9 Å². The molecule has 18 heavy (non-hydrogen) atoms. The number of anilines is 1. The fourth-order valence-electron chi connectivity index (χ4n) is 2.04. The van der Waals surface area contributed by atoms with Crippen LogP contribution < -0.4 is 10.6 Å². The molecule has 0 aliphatic heterocycles. The van der Waals surface area contributed by atoms with Gasteiger partial charge >= 0.3 is 0 Å². The van der Waals surface area contributed by atoms with Crippen molar-refractivity contribution in [1.82, 2.24) is 4.98 Å². The lowest BCUT2D eigenvalue weighted by molar-refractivity contribution is 0.797. The number of nitrogens with zero attached hydrogens (tertiary/aromatic N) is 2. The van der Waals surface area contributed by atoms with E-state index in [4.69, 9.17) is 5.73 Å².